The Morgan fingerprint density at radius 1 is 1.04 bits per heavy atom. The van der Waals surface area contributed by atoms with Gasteiger partial charge in [0.1, 0.15) is 0 Å². The Hall–Kier alpha value is -2.49. The molecule has 0 saturated carbocycles. The molecule has 1 N–H and O–H groups in total. The third-order valence-electron chi connectivity index (χ3n) is 4.62. The van der Waals surface area contributed by atoms with Crippen LogP contribution in [-0.4, -0.2) is 19.0 Å². The second kappa shape index (κ2) is 8.75. The van der Waals surface area contributed by atoms with Crippen LogP contribution < -0.4 is 14.8 Å². The third-order valence-corrected chi connectivity index (χ3v) is 4.62. The van der Waals surface area contributed by atoms with E-state index in [0.29, 0.717) is 19.6 Å². The van der Waals surface area contributed by atoms with Crippen LogP contribution in [0.2, 0.25) is 0 Å². The van der Waals surface area contributed by atoms with Crippen LogP contribution >= 0.6 is 0 Å². The van der Waals surface area contributed by atoms with Gasteiger partial charge in [-0.3, -0.25) is 4.79 Å². The first kappa shape index (κ1) is 18.3. The number of anilines is 1. The van der Waals surface area contributed by atoms with Crippen molar-refractivity contribution in [2.24, 2.45) is 0 Å². The number of carbonyl (C=O) groups excluding carboxylic acids is 1. The standard InChI is InChI=1S/C22H27NO3/c1-3-5-8-13-26-21-12-11-16(14-22(21)25-4-2)19-15-20(24)17-9-6-7-10-18(17)23-19/h6-7,9-12,14,19,23H,3-5,8,13,15H2,1-2H3. The van der Waals surface area contributed by atoms with E-state index >= 15 is 0 Å². The number of nitrogens with one attached hydrogen (secondary N) is 1. The van der Waals surface area contributed by atoms with E-state index < -0.39 is 0 Å². The fourth-order valence-electron chi connectivity index (χ4n) is 3.25. The number of rotatable bonds is 8. The Bertz CT molecular complexity index is 757. The van der Waals surface area contributed by atoms with Crippen LogP contribution in [0.4, 0.5) is 5.69 Å². The maximum absolute atomic E-state index is 12.5. The van der Waals surface area contributed by atoms with Crippen LogP contribution in [0, 0.1) is 0 Å². The molecule has 2 aromatic carbocycles. The van der Waals surface area contributed by atoms with Gasteiger partial charge in [-0.1, -0.05) is 38.0 Å². The molecule has 1 unspecified atom stereocenters. The molecule has 2 aromatic rings. The quantitative estimate of drug-likeness (QED) is 0.646. The molecule has 4 heteroatoms. The van der Waals surface area contributed by atoms with E-state index in [1.54, 1.807) is 0 Å². The summed E-state index contributed by atoms with van der Waals surface area (Å²) < 4.78 is 11.7. The second-order valence-electron chi connectivity index (χ2n) is 6.56. The average Bonchev–Trinajstić information content (AvgIpc) is 2.66. The van der Waals surface area contributed by atoms with E-state index in [0.717, 1.165) is 41.2 Å². The Morgan fingerprint density at radius 3 is 2.69 bits per heavy atom. The van der Waals surface area contributed by atoms with Gasteiger partial charge in [-0.15, -0.1) is 0 Å². The Morgan fingerprint density at radius 2 is 1.88 bits per heavy atom. The molecule has 1 atom stereocenters. The van der Waals surface area contributed by atoms with E-state index in [1.807, 2.05) is 49.4 Å². The van der Waals surface area contributed by atoms with Crippen molar-refractivity contribution in [1.82, 2.24) is 0 Å². The number of carbonyl (C=O) groups is 1. The van der Waals surface area contributed by atoms with Gasteiger partial charge < -0.3 is 14.8 Å². The van der Waals surface area contributed by atoms with Crippen LogP contribution in [0.1, 0.15) is 61.5 Å². The van der Waals surface area contributed by atoms with Gasteiger partial charge >= 0.3 is 0 Å². The molecule has 1 aliphatic rings. The number of Topliss-reactive ketones (excluding diaryl/α,β-unsaturated/α-hetero) is 1. The molecule has 0 aliphatic carbocycles. The number of hydrogen-bond donors (Lipinski definition) is 1. The zero-order chi connectivity index (χ0) is 18.4. The van der Waals surface area contributed by atoms with Crippen molar-refractivity contribution in [2.45, 2.75) is 45.6 Å². The molecule has 138 valence electrons. The topological polar surface area (TPSA) is 47.6 Å². The van der Waals surface area contributed by atoms with E-state index in [-0.39, 0.29) is 11.8 Å². The van der Waals surface area contributed by atoms with Gasteiger partial charge in [0.2, 0.25) is 0 Å². The maximum Gasteiger partial charge on any atom is 0.167 e. The highest BCUT2D eigenvalue weighted by atomic mass is 16.5. The molecule has 1 heterocycles. The Kier molecular flexibility index (Phi) is 6.16. The highest BCUT2D eigenvalue weighted by Gasteiger charge is 2.26. The summed E-state index contributed by atoms with van der Waals surface area (Å²) in [5, 5.41) is 3.48. The number of ketones is 1. The lowest BCUT2D eigenvalue weighted by atomic mass is 9.92. The monoisotopic (exact) mass is 353 g/mol. The molecule has 0 fully saturated rings. The summed E-state index contributed by atoms with van der Waals surface area (Å²) in [6.07, 6.45) is 3.82. The molecule has 0 bridgehead atoms. The summed E-state index contributed by atoms with van der Waals surface area (Å²) in [6, 6.07) is 13.6. The predicted molar refractivity (Wildman–Crippen MR) is 104 cm³/mol. The number of fused-ring (bicyclic) bond motifs is 1. The fraction of sp³-hybridized carbons (Fsp3) is 0.409. The second-order valence-corrected chi connectivity index (χ2v) is 6.56. The molecule has 0 amide bonds. The van der Waals surface area contributed by atoms with Gasteiger partial charge in [0.25, 0.3) is 0 Å². The molecule has 3 rings (SSSR count). The smallest absolute Gasteiger partial charge is 0.167 e. The largest absolute Gasteiger partial charge is 0.490 e. The van der Waals surface area contributed by atoms with E-state index in [1.165, 1.54) is 6.42 Å². The van der Waals surface area contributed by atoms with Crippen molar-refractivity contribution in [3.63, 3.8) is 0 Å². The average molecular weight is 353 g/mol. The number of benzene rings is 2. The van der Waals surface area contributed by atoms with Crippen LogP contribution in [0.3, 0.4) is 0 Å². The highest BCUT2D eigenvalue weighted by molar-refractivity contribution is 6.03. The Balaban J connectivity index is 1.78. The van der Waals surface area contributed by atoms with Crippen LogP contribution in [0.15, 0.2) is 42.5 Å². The van der Waals surface area contributed by atoms with Crippen molar-refractivity contribution >= 4 is 11.5 Å². The van der Waals surface area contributed by atoms with Gasteiger partial charge in [0.15, 0.2) is 17.3 Å². The summed E-state index contributed by atoms with van der Waals surface area (Å²) >= 11 is 0. The molecule has 4 nitrogen and oxygen atoms in total. The van der Waals surface area contributed by atoms with Crippen LogP contribution in [-0.2, 0) is 0 Å². The van der Waals surface area contributed by atoms with Gasteiger partial charge in [0.05, 0.1) is 19.3 Å². The third kappa shape index (κ3) is 4.18. The van der Waals surface area contributed by atoms with Gasteiger partial charge in [-0.2, -0.15) is 0 Å². The lowest BCUT2D eigenvalue weighted by molar-refractivity contribution is 0.0972. The fourth-order valence-corrected chi connectivity index (χ4v) is 3.25. The zero-order valence-corrected chi connectivity index (χ0v) is 15.6. The molecule has 0 saturated heterocycles. The molecule has 0 aromatic heterocycles. The summed E-state index contributed by atoms with van der Waals surface area (Å²) in [5.41, 5.74) is 2.70. The van der Waals surface area contributed by atoms with E-state index in [2.05, 4.69) is 12.2 Å². The minimum atomic E-state index is -0.0502. The maximum atomic E-state index is 12.5. The predicted octanol–water partition coefficient (Wildman–Crippen LogP) is 5.39. The van der Waals surface area contributed by atoms with Crippen molar-refractivity contribution in [1.29, 1.82) is 0 Å². The van der Waals surface area contributed by atoms with E-state index in [4.69, 9.17) is 9.47 Å². The van der Waals surface area contributed by atoms with Gasteiger partial charge in [-0.25, -0.2) is 0 Å². The zero-order valence-electron chi connectivity index (χ0n) is 15.6. The molecular formula is C22H27NO3. The molecule has 26 heavy (non-hydrogen) atoms. The summed E-state index contributed by atoms with van der Waals surface area (Å²) in [4.78, 5) is 12.5. The van der Waals surface area contributed by atoms with Crippen molar-refractivity contribution in [2.75, 3.05) is 18.5 Å². The number of hydrogen-bond acceptors (Lipinski definition) is 4. The van der Waals surface area contributed by atoms with Crippen LogP contribution in [0.5, 0.6) is 11.5 Å². The van der Waals surface area contributed by atoms with E-state index in [9.17, 15) is 4.79 Å². The minimum Gasteiger partial charge on any atom is -0.490 e. The lowest BCUT2D eigenvalue weighted by Gasteiger charge is -2.27. The van der Waals surface area contributed by atoms with Crippen molar-refractivity contribution < 1.29 is 14.3 Å². The summed E-state index contributed by atoms with van der Waals surface area (Å²) in [5.74, 6) is 1.69. The highest BCUT2D eigenvalue weighted by Crippen LogP contribution is 2.36. The summed E-state index contributed by atoms with van der Waals surface area (Å²) in [7, 11) is 0. The number of unbranched alkanes of at least 4 members (excludes halogenated alkanes) is 2. The number of ether oxygens (including phenoxy) is 2. The van der Waals surface area contributed by atoms with Crippen molar-refractivity contribution in [3.8, 4) is 11.5 Å². The number of para-hydroxylation sites is 1. The molecule has 0 radical (unpaired) electrons. The van der Waals surface area contributed by atoms with Gasteiger partial charge in [-0.05, 0) is 43.2 Å². The van der Waals surface area contributed by atoms with Crippen molar-refractivity contribution in [3.05, 3.63) is 53.6 Å². The first-order valence-electron chi connectivity index (χ1n) is 9.51. The molecular weight excluding hydrogens is 326 g/mol. The molecule has 0 spiro atoms. The minimum absolute atomic E-state index is 0.0502. The SMILES string of the molecule is CCCCCOc1ccc(C2CC(=O)c3ccccc3N2)cc1OCC. The first-order chi connectivity index (χ1) is 12.7. The molecule has 1 aliphatic heterocycles. The normalized spacial score (nSPS) is 15.9. The summed E-state index contributed by atoms with van der Waals surface area (Å²) in [6.45, 7) is 5.42. The van der Waals surface area contributed by atoms with Gasteiger partial charge in [0, 0.05) is 17.7 Å². The lowest BCUT2D eigenvalue weighted by Crippen LogP contribution is -2.22. The van der Waals surface area contributed by atoms with Crippen LogP contribution in [0.25, 0.3) is 0 Å². The first-order valence-corrected chi connectivity index (χ1v) is 9.51. The Labute approximate surface area is 155 Å².